The lowest BCUT2D eigenvalue weighted by Crippen LogP contribution is -2.89. The molecule has 0 amide bonds. The van der Waals surface area contributed by atoms with E-state index < -0.39 is 174 Å². The van der Waals surface area contributed by atoms with Gasteiger partial charge in [0, 0.05) is 52.4 Å². The average Bonchev–Trinajstić information content (AvgIpc) is 3.48. The van der Waals surface area contributed by atoms with Crippen molar-refractivity contribution >= 4 is 59.5 Å². The maximum absolute atomic E-state index is 14.7. The summed E-state index contributed by atoms with van der Waals surface area (Å²) in [6.45, 7) is 7.30. The third-order valence-corrected chi connectivity index (χ3v) is 14.0. The first-order valence-electron chi connectivity index (χ1n) is 21.7. The van der Waals surface area contributed by atoms with E-state index in [0.717, 1.165) is 54.8 Å². The van der Waals surface area contributed by atoms with E-state index in [-0.39, 0.29) is 17.5 Å². The van der Waals surface area contributed by atoms with Gasteiger partial charge in [0.25, 0.3) is 0 Å². The summed E-state index contributed by atoms with van der Waals surface area (Å²) in [6.07, 6.45) is -12.8. The Bertz CT molecular complexity index is 2290. The first kappa shape index (κ1) is 51.3. The number of hydrogen-bond donors (Lipinski definition) is 2. The largest absolute Gasteiger partial charge is 0.469 e. The number of aliphatic hydroxyl groups is 2. The second-order valence-electron chi connectivity index (χ2n) is 18.5. The standard InChI is InChI=1S/C45H55NO22/c1-19-11-12-28(51)26(15-29(52)59-10)38(54)61-18-44-35(64-23(5)49)31(66-37(19)53)30-33(63-22(4)48)45(44)43(9,58)34(32(62-21(3)47)36(44)65-24(6)50)67-40(56)42(8,57)20(2)25-13-14-46-16-27(25)39(55)60-17-41(30,7)68-45/h13-14,16,19-20,26,30-36,57-58H,11-12,15,17-18H2,1-10H3/t19-,20+,26+,30+,31+,32-,33+,34-,35+,36-,41-,42-,43?,44+,45-/m0/s1. The van der Waals surface area contributed by atoms with E-state index in [1.165, 1.54) is 33.0 Å². The van der Waals surface area contributed by atoms with Crippen molar-refractivity contribution in [1.82, 2.24) is 4.98 Å². The van der Waals surface area contributed by atoms with Crippen LogP contribution < -0.4 is 0 Å². The van der Waals surface area contributed by atoms with Gasteiger partial charge in [-0.1, -0.05) is 13.8 Å². The predicted molar refractivity (Wildman–Crippen MR) is 219 cm³/mol. The number of ether oxygens (including phenoxy) is 10. The predicted octanol–water partition coefficient (Wildman–Crippen LogP) is 0.287. The van der Waals surface area contributed by atoms with Crippen molar-refractivity contribution in [2.75, 3.05) is 20.3 Å². The van der Waals surface area contributed by atoms with Crippen LogP contribution in [-0.4, -0.2) is 154 Å². The van der Waals surface area contributed by atoms with E-state index in [0.29, 0.717) is 0 Å². The summed E-state index contributed by atoms with van der Waals surface area (Å²) in [6, 6.07) is 1.32. The van der Waals surface area contributed by atoms with Gasteiger partial charge in [0.2, 0.25) is 0 Å². The Morgan fingerprint density at radius 3 is 2.00 bits per heavy atom. The molecule has 2 spiro atoms. The number of hydrogen-bond acceptors (Lipinski definition) is 23. The smallest absolute Gasteiger partial charge is 0.340 e. The van der Waals surface area contributed by atoms with Gasteiger partial charge in [-0.3, -0.25) is 43.3 Å². The minimum Gasteiger partial charge on any atom is -0.469 e. The van der Waals surface area contributed by atoms with Crippen molar-refractivity contribution in [1.29, 1.82) is 0 Å². The fourth-order valence-corrected chi connectivity index (χ4v) is 10.6. The Labute approximate surface area is 389 Å². The molecule has 5 aliphatic rings. The van der Waals surface area contributed by atoms with Crippen molar-refractivity contribution < 1.29 is 106 Å². The Hall–Kier alpha value is -6.07. The van der Waals surface area contributed by atoms with E-state index in [1.54, 1.807) is 0 Å². The second kappa shape index (κ2) is 18.4. The highest BCUT2D eigenvalue weighted by atomic mass is 16.7. The molecule has 3 aliphatic heterocycles. The van der Waals surface area contributed by atoms with E-state index >= 15 is 0 Å². The normalized spacial score (nSPS) is 39.3. The summed E-state index contributed by atoms with van der Waals surface area (Å²) >= 11 is 0. The Kier molecular flexibility index (Phi) is 13.9. The van der Waals surface area contributed by atoms with Crippen LogP contribution in [0.2, 0.25) is 0 Å². The van der Waals surface area contributed by atoms with Gasteiger partial charge in [0.1, 0.15) is 53.7 Å². The number of fused-ring (bicyclic) bond motifs is 7. The second-order valence-corrected chi connectivity index (χ2v) is 18.5. The van der Waals surface area contributed by atoms with Crippen LogP contribution in [0.5, 0.6) is 0 Å². The van der Waals surface area contributed by atoms with Crippen molar-refractivity contribution in [2.45, 2.75) is 147 Å². The lowest BCUT2D eigenvalue weighted by Gasteiger charge is -2.67. The summed E-state index contributed by atoms with van der Waals surface area (Å²) in [4.78, 5) is 143. The van der Waals surface area contributed by atoms with Gasteiger partial charge < -0.3 is 57.6 Å². The van der Waals surface area contributed by atoms with Crippen LogP contribution in [0.3, 0.4) is 0 Å². The summed E-state index contributed by atoms with van der Waals surface area (Å²) in [7, 11) is 0.992. The molecule has 0 aromatic carbocycles. The van der Waals surface area contributed by atoms with E-state index in [4.69, 9.17) is 47.4 Å². The molecule has 2 N–H and O–H groups in total. The van der Waals surface area contributed by atoms with E-state index in [2.05, 4.69) is 4.98 Å². The molecule has 1 aromatic rings. The lowest BCUT2D eigenvalue weighted by atomic mass is 9.45. The summed E-state index contributed by atoms with van der Waals surface area (Å²) in [5.74, 6) is -18.1. The third kappa shape index (κ3) is 8.34. The van der Waals surface area contributed by atoms with Crippen LogP contribution in [-0.2, 0) is 90.5 Å². The number of esters is 9. The number of methoxy groups -OCH3 is 1. The molecule has 23 heteroatoms. The number of carbonyl (C=O) groups is 10. The summed E-state index contributed by atoms with van der Waals surface area (Å²) < 4.78 is 60.1. The van der Waals surface area contributed by atoms with Gasteiger partial charge >= 0.3 is 53.7 Å². The number of Topliss-reactive ketones (excluding diaryl/α,β-unsaturated/α-hetero) is 1. The van der Waals surface area contributed by atoms with Gasteiger partial charge in [-0.25, -0.2) is 9.59 Å². The third-order valence-electron chi connectivity index (χ3n) is 14.0. The number of pyridine rings is 1. The molecule has 372 valence electrons. The quantitative estimate of drug-likeness (QED) is 0.220. The minimum absolute atomic E-state index is 0.0150. The molecule has 2 saturated carbocycles. The molecule has 23 nitrogen and oxygen atoms in total. The van der Waals surface area contributed by atoms with E-state index in [1.807, 2.05) is 0 Å². The van der Waals surface area contributed by atoms with Crippen LogP contribution in [0, 0.1) is 23.2 Å². The summed E-state index contributed by atoms with van der Waals surface area (Å²) in [5.41, 5.74) is -14.2. The van der Waals surface area contributed by atoms with E-state index in [9.17, 15) is 58.2 Å². The zero-order valence-electron chi connectivity index (χ0n) is 39.0. The van der Waals surface area contributed by atoms with Crippen LogP contribution >= 0.6 is 0 Å². The number of rotatable bonds is 6. The maximum Gasteiger partial charge on any atom is 0.340 e. The number of nitrogens with zero attached hydrogens (tertiary/aromatic N) is 1. The molecule has 1 aromatic heterocycles. The van der Waals surface area contributed by atoms with Crippen molar-refractivity contribution in [3.05, 3.63) is 29.6 Å². The molecule has 4 fully saturated rings. The molecule has 1 unspecified atom stereocenters. The highest BCUT2D eigenvalue weighted by Gasteiger charge is 2.92. The number of ketones is 1. The Morgan fingerprint density at radius 2 is 1.40 bits per heavy atom. The van der Waals surface area contributed by atoms with Crippen LogP contribution in [0.1, 0.15) is 103 Å². The van der Waals surface area contributed by atoms with Gasteiger partial charge in [0.05, 0.1) is 30.9 Å². The molecule has 2 saturated heterocycles. The van der Waals surface area contributed by atoms with Crippen LogP contribution in [0.15, 0.2) is 18.5 Å². The van der Waals surface area contributed by atoms with Crippen molar-refractivity contribution in [3.63, 3.8) is 0 Å². The zero-order valence-corrected chi connectivity index (χ0v) is 39.0. The highest BCUT2D eigenvalue weighted by Crippen LogP contribution is 2.70. The fourth-order valence-electron chi connectivity index (χ4n) is 10.6. The Balaban J connectivity index is 1.82. The molecule has 0 radical (unpaired) electrons. The number of cyclic esters (lactones) is 2. The topological polar surface area (TPSA) is 316 Å². The molecule has 68 heavy (non-hydrogen) atoms. The highest BCUT2D eigenvalue weighted by molar-refractivity contribution is 6.01. The van der Waals surface area contributed by atoms with Crippen LogP contribution in [0.25, 0.3) is 0 Å². The first-order chi connectivity index (χ1) is 31.6. The number of carbonyl (C=O) groups excluding carboxylic acids is 10. The fraction of sp³-hybridized carbons (Fsp3) is 0.667. The molecular weight excluding hydrogens is 906 g/mol. The minimum atomic E-state index is -3.10. The van der Waals surface area contributed by atoms with Crippen molar-refractivity contribution in [2.24, 2.45) is 23.2 Å². The SMILES string of the molecule is COC(=O)C[C@@H]1C(=O)CC[C@H](C)C(=O)O[C@@H]2[C@@H]3[C@@H](OC(C)=O)[C@@]45O[C@@]3(C)COC(=O)c3cnccc3[C@@H](C)[C@](C)(O)C(=O)O[C@@H]([C@H](OC(C)=O)[C@H](OC(C)=O)[C@@]4(COC1=O)[C@@H]2OC(C)=O)C5(C)O. The molecule has 2 aliphatic carbocycles. The lowest BCUT2D eigenvalue weighted by molar-refractivity contribution is -0.387. The summed E-state index contributed by atoms with van der Waals surface area (Å²) in [5, 5.41) is 25.8. The molecular formula is C45H55NO22. The van der Waals surface area contributed by atoms with Crippen LogP contribution in [0.4, 0.5) is 0 Å². The van der Waals surface area contributed by atoms with Crippen molar-refractivity contribution in [3.8, 4) is 0 Å². The van der Waals surface area contributed by atoms with Gasteiger partial charge in [0.15, 0.2) is 35.6 Å². The maximum atomic E-state index is 14.7. The monoisotopic (exact) mass is 961 g/mol. The molecule has 4 heterocycles. The molecule has 6 rings (SSSR count). The zero-order chi connectivity index (χ0) is 50.6. The molecule has 6 bridgehead atoms. The average molecular weight is 962 g/mol. The number of aromatic nitrogens is 1. The van der Waals surface area contributed by atoms with Gasteiger partial charge in [-0.15, -0.1) is 0 Å². The van der Waals surface area contributed by atoms with Gasteiger partial charge in [-0.05, 0) is 38.8 Å². The Morgan fingerprint density at radius 1 is 0.794 bits per heavy atom. The molecule has 15 atom stereocenters. The first-order valence-corrected chi connectivity index (χ1v) is 21.7. The van der Waals surface area contributed by atoms with Gasteiger partial charge in [-0.2, -0.15) is 0 Å².